The number of hydrogen-bond donors (Lipinski definition) is 1. The summed E-state index contributed by atoms with van der Waals surface area (Å²) in [5, 5.41) is 0. The zero-order chi connectivity index (χ0) is 3.58. The molecule has 5 heavy (non-hydrogen) atoms. The average molecular weight is 231 g/mol. The van der Waals surface area contributed by atoms with Crippen LogP contribution in [-0.4, -0.2) is 3.44 Å². The zero-order valence-corrected chi connectivity index (χ0v) is 5.36. The smallest absolute Gasteiger partial charge is 0.396 e. The molecule has 0 aliphatic rings. The molecular weight excluding hydrogens is 230 g/mol. The summed E-state index contributed by atoms with van der Waals surface area (Å²) in [6.07, 6.45) is 0. The van der Waals surface area contributed by atoms with Crippen LogP contribution in [0.1, 0.15) is 0 Å². The third-order valence-electron chi connectivity index (χ3n) is 0. The van der Waals surface area contributed by atoms with Gasteiger partial charge in [0.1, 0.15) is 0 Å². The maximum absolute atomic E-state index is 8.68. The molecule has 0 spiro atoms. The second kappa shape index (κ2) is 5.13. The Hall–Kier alpha value is 1.13. The zero-order valence-electron chi connectivity index (χ0n) is 2.02. The van der Waals surface area contributed by atoms with Gasteiger partial charge in [0, 0.05) is 17.1 Å². The van der Waals surface area contributed by atoms with Gasteiger partial charge in [-0.15, -0.1) is 0 Å². The molecule has 0 saturated carbocycles. The van der Waals surface area contributed by atoms with Crippen molar-refractivity contribution in [1.82, 2.24) is 0 Å². The first-order valence-electron chi connectivity index (χ1n) is 0.478. The summed E-state index contributed by atoms with van der Waals surface area (Å²) in [6, 6.07) is 0. The van der Waals surface area contributed by atoms with E-state index in [1.54, 1.807) is 0 Å². The summed E-state index contributed by atoms with van der Waals surface area (Å²) >= 11 is -3.76. The third-order valence-corrected chi connectivity index (χ3v) is 0. The third kappa shape index (κ3) is 39.4. The van der Waals surface area contributed by atoms with Gasteiger partial charge in [0.15, 0.2) is 0 Å². The first kappa shape index (κ1) is 9.46. The van der Waals surface area contributed by atoms with Crippen molar-refractivity contribution in [3.05, 3.63) is 0 Å². The normalized spacial score (nSPS) is 7.20. The Morgan fingerprint density at radius 2 is 1.40 bits per heavy atom. The molecule has 0 aliphatic carbocycles. The molecule has 0 bridgehead atoms. The van der Waals surface area contributed by atoms with Crippen molar-refractivity contribution in [2.75, 3.05) is 0 Å². The van der Waals surface area contributed by atoms with E-state index in [1.807, 2.05) is 0 Å². The summed E-state index contributed by atoms with van der Waals surface area (Å²) < 4.78 is 24.5. The van der Waals surface area contributed by atoms with Crippen molar-refractivity contribution in [2.45, 2.75) is 0 Å². The summed E-state index contributed by atoms with van der Waals surface area (Å²) in [5.41, 5.74) is 0. The van der Waals surface area contributed by atoms with Crippen LogP contribution in [0.2, 0.25) is 0 Å². The maximum atomic E-state index is 8.68. The molecule has 0 amide bonds. The first-order chi connectivity index (χ1) is 1.73. The fourth-order valence-corrected chi connectivity index (χ4v) is 0. The quantitative estimate of drug-likeness (QED) is 0.333. The molecule has 0 aliphatic heterocycles. The molecule has 0 aromatic carbocycles. The summed E-state index contributed by atoms with van der Waals surface area (Å²) in [6.45, 7) is 0. The molecule has 0 atom stereocenters. The number of hydrogen-bond acceptors (Lipinski definition) is 3. The second-order valence-corrected chi connectivity index (χ2v) is 1.35. The van der Waals surface area contributed by atoms with Crippen LogP contribution in [0.5, 0.6) is 0 Å². The minimum atomic E-state index is -3.76. The molecule has 0 fully saturated rings. The van der Waals surface area contributed by atoms with Gasteiger partial charge in [-0.05, 0) is 3.44 Å². The van der Waals surface area contributed by atoms with Crippen LogP contribution in [0.3, 0.4) is 0 Å². The molecule has 1 N–H and O–H groups in total. The van der Waals surface area contributed by atoms with Crippen LogP contribution in [0, 0.1) is 0 Å². The molecular formula is HIMnO3. The standard InChI is InChI=1S/HIO3.Mn/c2-1(3)4;/h2H;. The van der Waals surface area contributed by atoms with Gasteiger partial charge in [0.05, 0.1) is 0 Å². The van der Waals surface area contributed by atoms with Gasteiger partial charge in [0.2, 0.25) is 0 Å². The van der Waals surface area contributed by atoms with Gasteiger partial charge < -0.3 is 6.87 Å². The molecule has 0 heterocycles. The summed E-state index contributed by atoms with van der Waals surface area (Å²) in [4.78, 5) is 0. The largest absolute Gasteiger partial charge is 0.503 e. The van der Waals surface area contributed by atoms with Crippen LogP contribution in [0.15, 0.2) is 0 Å². The van der Waals surface area contributed by atoms with E-state index in [1.165, 1.54) is 0 Å². The molecule has 0 aromatic rings. The molecule has 1 radical (unpaired) electrons. The predicted octanol–water partition coefficient (Wildman–Crippen LogP) is -5.93. The topological polar surface area (TPSA) is 66.3 Å². The average Bonchev–Trinajstić information content (AvgIpc) is 0.811. The van der Waals surface area contributed by atoms with Gasteiger partial charge in [-0.25, -0.2) is 0 Å². The Labute approximate surface area is 48.5 Å². The van der Waals surface area contributed by atoms with Crippen molar-refractivity contribution in [3.63, 3.8) is 0 Å². The van der Waals surface area contributed by atoms with Crippen LogP contribution in [0.25, 0.3) is 0 Å². The van der Waals surface area contributed by atoms with Crippen LogP contribution in [0.4, 0.5) is 0 Å². The van der Waals surface area contributed by atoms with E-state index in [9.17, 15) is 0 Å². The second-order valence-electron chi connectivity index (χ2n) is 0.201. The summed E-state index contributed by atoms with van der Waals surface area (Å²) in [7, 11) is 0. The molecule has 0 saturated heterocycles. The monoisotopic (exact) mass is 231 g/mol. The Morgan fingerprint density at radius 3 is 1.40 bits per heavy atom. The molecule has 0 unspecified atom stereocenters. The maximum Gasteiger partial charge on any atom is 0.503 e. The van der Waals surface area contributed by atoms with Gasteiger partial charge >= 0.3 is 21.1 Å². The van der Waals surface area contributed by atoms with Crippen molar-refractivity contribution in [1.29, 1.82) is 0 Å². The van der Waals surface area contributed by atoms with Crippen molar-refractivity contribution < 1.29 is 48.4 Å². The Balaban J connectivity index is 0. The van der Waals surface area contributed by atoms with Gasteiger partial charge in [-0.3, -0.25) is 0 Å². The van der Waals surface area contributed by atoms with E-state index < -0.39 is 21.1 Å². The fraction of sp³-hybridized carbons (Fsp3) is 0. The van der Waals surface area contributed by atoms with Gasteiger partial charge in [-0.1, -0.05) is 0 Å². The first-order valence-corrected chi connectivity index (χ1v) is 3.20. The predicted molar refractivity (Wildman–Crippen MR) is 2.22 cm³/mol. The SMILES string of the molecule is [Mn].[O-][I+2]([O-])O. The minimum absolute atomic E-state index is 0. The van der Waals surface area contributed by atoms with E-state index >= 15 is 0 Å². The van der Waals surface area contributed by atoms with Crippen LogP contribution in [-0.2, 0) is 17.1 Å². The van der Waals surface area contributed by atoms with Crippen LogP contribution < -0.4 is 27.9 Å². The molecule has 33 valence electrons. The van der Waals surface area contributed by atoms with E-state index in [-0.39, 0.29) is 17.1 Å². The molecule has 0 aromatic heterocycles. The Morgan fingerprint density at radius 1 is 1.40 bits per heavy atom. The van der Waals surface area contributed by atoms with E-state index in [4.69, 9.17) is 10.3 Å². The van der Waals surface area contributed by atoms with Crippen molar-refractivity contribution >= 4 is 0 Å². The van der Waals surface area contributed by atoms with E-state index in [2.05, 4.69) is 0 Å². The fourth-order valence-electron chi connectivity index (χ4n) is 0. The van der Waals surface area contributed by atoms with Crippen molar-refractivity contribution in [3.8, 4) is 0 Å². The summed E-state index contributed by atoms with van der Waals surface area (Å²) in [5.74, 6) is 0. The van der Waals surface area contributed by atoms with Crippen molar-refractivity contribution in [2.24, 2.45) is 0 Å². The molecule has 0 rings (SSSR count). The Kier molecular flexibility index (Phi) is 9.70. The molecule has 5 heteroatoms. The molecule has 3 nitrogen and oxygen atoms in total. The van der Waals surface area contributed by atoms with E-state index in [0.717, 1.165) is 0 Å². The van der Waals surface area contributed by atoms with Crippen LogP contribution >= 0.6 is 0 Å². The Bertz CT molecular complexity index is 11.6. The number of halogens is 1. The van der Waals surface area contributed by atoms with Gasteiger partial charge in [-0.2, -0.15) is 0 Å². The number of rotatable bonds is 0. The van der Waals surface area contributed by atoms with Gasteiger partial charge in [0.25, 0.3) is 0 Å². The van der Waals surface area contributed by atoms with E-state index in [0.29, 0.717) is 0 Å². The minimum Gasteiger partial charge on any atom is -0.396 e.